The van der Waals surface area contributed by atoms with Crippen LogP contribution in [0.1, 0.15) is 11.1 Å². The fraction of sp³-hybridized carbons (Fsp3) is 0.0345. The van der Waals surface area contributed by atoms with Gasteiger partial charge in [-0.3, -0.25) is 9.78 Å². The Hall–Kier alpha value is -5.06. The summed E-state index contributed by atoms with van der Waals surface area (Å²) in [6, 6.07) is 18.0. The monoisotopic (exact) mass is 535 g/mol. The highest BCUT2D eigenvalue weighted by Crippen LogP contribution is 2.39. The van der Waals surface area contributed by atoms with Gasteiger partial charge in [-0.25, -0.2) is 9.78 Å². The van der Waals surface area contributed by atoms with E-state index in [1.165, 1.54) is 17.4 Å². The number of amides is 3. The van der Waals surface area contributed by atoms with Crippen molar-refractivity contribution in [3.8, 4) is 11.1 Å². The molecule has 194 valence electrons. The summed E-state index contributed by atoms with van der Waals surface area (Å²) in [6.07, 6.45) is 8.04. The van der Waals surface area contributed by atoms with Crippen molar-refractivity contribution in [2.24, 2.45) is 5.73 Å². The molecule has 10 heteroatoms. The number of urea groups is 1. The molecule has 5 aromatic rings. The number of carbonyl (C=O) groups excluding carboxylic acids is 2. The first kappa shape index (κ1) is 25.6. The summed E-state index contributed by atoms with van der Waals surface area (Å²) in [7, 11) is 0. The number of benzene rings is 2. The van der Waals surface area contributed by atoms with Gasteiger partial charge >= 0.3 is 6.03 Å². The normalized spacial score (nSPS) is 11.0. The zero-order valence-electron chi connectivity index (χ0n) is 20.7. The molecular weight excluding hydrogens is 510 g/mol. The van der Waals surface area contributed by atoms with Crippen molar-refractivity contribution in [1.29, 1.82) is 0 Å². The maximum absolute atomic E-state index is 12.4. The number of rotatable bonds is 7. The molecule has 0 aliphatic carbocycles. The number of fused-ring (bicyclic) bond motifs is 1. The Kier molecular flexibility index (Phi) is 7.58. The lowest BCUT2D eigenvalue weighted by Gasteiger charge is -2.09. The average molecular weight is 536 g/mol. The highest BCUT2D eigenvalue weighted by Gasteiger charge is 2.14. The van der Waals surface area contributed by atoms with Gasteiger partial charge in [-0.05, 0) is 59.0 Å². The molecule has 3 heterocycles. The number of carbonyl (C=O) groups is 2. The summed E-state index contributed by atoms with van der Waals surface area (Å²) in [6.45, 7) is 0.398. The predicted molar refractivity (Wildman–Crippen MR) is 158 cm³/mol. The minimum absolute atomic E-state index is 0.274. The molecule has 0 aliphatic heterocycles. The number of nitrogens with zero attached hydrogens (tertiary/aromatic N) is 2. The molecule has 0 spiro atoms. The van der Waals surface area contributed by atoms with E-state index in [1.807, 2.05) is 47.8 Å². The van der Waals surface area contributed by atoms with Crippen molar-refractivity contribution in [1.82, 2.24) is 9.97 Å². The van der Waals surface area contributed by atoms with Gasteiger partial charge in [-0.15, -0.1) is 11.3 Å². The van der Waals surface area contributed by atoms with Crippen LogP contribution in [0, 0.1) is 0 Å². The van der Waals surface area contributed by atoms with E-state index >= 15 is 0 Å². The Labute approximate surface area is 228 Å². The molecule has 39 heavy (non-hydrogen) atoms. The number of nitrogens with two attached hydrogens (primary N) is 2. The number of hydrogen-bond acceptors (Lipinski definition) is 7. The zero-order chi connectivity index (χ0) is 27.2. The molecule has 0 fully saturated rings. The van der Waals surface area contributed by atoms with Gasteiger partial charge in [0.15, 0.2) is 0 Å². The van der Waals surface area contributed by atoms with E-state index in [4.69, 9.17) is 11.5 Å². The van der Waals surface area contributed by atoms with Crippen molar-refractivity contribution >= 4 is 62.3 Å². The first-order chi connectivity index (χ1) is 19.0. The van der Waals surface area contributed by atoms with Crippen molar-refractivity contribution in [2.45, 2.75) is 6.54 Å². The minimum atomic E-state index is -0.352. The summed E-state index contributed by atoms with van der Waals surface area (Å²) >= 11 is 1.52. The second kappa shape index (κ2) is 11.5. The van der Waals surface area contributed by atoms with Crippen molar-refractivity contribution in [3.63, 3.8) is 0 Å². The van der Waals surface area contributed by atoms with Gasteiger partial charge in [-0.2, -0.15) is 0 Å². The molecule has 0 unspecified atom stereocenters. The largest absolute Gasteiger partial charge is 0.383 e. The van der Waals surface area contributed by atoms with Crippen LogP contribution in [-0.4, -0.2) is 21.9 Å². The lowest BCUT2D eigenvalue weighted by Crippen LogP contribution is -2.19. The standard InChI is InChI=1S/C29H25N7O2S/c30-14-18-3-1-4-22(13-18)36-29(38)35-21-9-6-19(7-10-21)24-17-39-27-20(15-33-28(31)26(24)27)8-11-25(37)34-23-5-2-12-32-16-23/h1-13,15-17H,14,30H2,(H2,31,33)(H,34,37)(H2,35,36,38). The fourth-order valence-corrected chi connectivity index (χ4v) is 5.09. The summed E-state index contributed by atoms with van der Waals surface area (Å²) in [5.41, 5.74) is 17.4. The third-order valence-corrected chi connectivity index (χ3v) is 6.90. The third-order valence-electron chi connectivity index (χ3n) is 5.87. The van der Waals surface area contributed by atoms with Crippen molar-refractivity contribution in [2.75, 3.05) is 21.7 Å². The Balaban J connectivity index is 1.31. The molecule has 0 aliphatic rings. The summed E-state index contributed by atoms with van der Waals surface area (Å²) in [5.74, 6) is 0.128. The number of hydrogen-bond donors (Lipinski definition) is 5. The molecule has 0 radical (unpaired) electrons. The first-order valence-corrected chi connectivity index (χ1v) is 12.9. The SMILES string of the molecule is NCc1cccc(NC(=O)Nc2ccc(-c3csc4c(C=CC(=O)Nc5cccnc5)cnc(N)c34)cc2)c1. The van der Waals surface area contributed by atoms with Gasteiger partial charge in [0.25, 0.3) is 0 Å². The minimum Gasteiger partial charge on any atom is -0.383 e. The molecule has 0 atom stereocenters. The lowest BCUT2D eigenvalue weighted by molar-refractivity contribution is -0.111. The zero-order valence-corrected chi connectivity index (χ0v) is 21.5. The van der Waals surface area contributed by atoms with Gasteiger partial charge in [-0.1, -0.05) is 24.3 Å². The second-order valence-electron chi connectivity index (χ2n) is 8.58. The number of pyridine rings is 2. The third kappa shape index (κ3) is 6.09. The number of thiophene rings is 1. The average Bonchev–Trinajstić information content (AvgIpc) is 3.40. The smallest absolute Gasteiger partial charge is 0.323 e. The molecular formula is C29H25N7O2S. The lowest BCUT2D eigenvalue weighted by atomic mass is 10.0. The molecule has 3 amide bonds. The Morgan fingerprint density at radius 3 is 2.49 bits per heavy atom. The highest BCUT2D eigenvalue weighted by molar-refractivity contribution is 7.18. The fourth-order valence-electron chi connectivity index (χ4n) is 4.01. The number of anilines is 4. The van der Waals surface area contributed by atoms with E-state index in [9.17, 15) is 9.59 Å². The Bertz CT molecular complexity index is 1660. The van der Waals surface area contributed by atoms with Crippen LogP contribution in [0.3, 0.4) is 0 Å². The maximum atomic E-state index is 12.4. The van der Waals surface area contributed by atoms with Gasteiger partial charge in [0, 0.05) is 57.6 Å². The van der Waals surface area contributed by atoms with Crippen LogP contribution in [0.25, 0.3) is 27.3 Å². The van der Waals surface area contributed by atoms with Crippen LogP contribution in [0.4, 0.5) is 27.7 Å². The van der Waals surface area contributed by atoms with Crippen LogP contribution in [0.15, 0.2) is 90.7 Å². The summed E-state index contributed by atoms with van der Waals surface area (Å²) in [5, 5.41) is 11.2. The number of nitrogens with one attached hydrogen (secondary N) is 3. The van der Waals surface area contributed by atoms with E-state index in [1.54, 1.807) is 42.9 Å². The van der Waals surface area contributed by atoms with E-state index in [2.05, 4.69) is 25.9 Å². The highest BCUT2D eigenvalue weighted by atomic mass is 32.1. The molecule has 2 aromatic carbocycles. The second-order valence-corrected chi connectivity index (χ2v) is 9.46. The van der Waals surface area contributed by atoms with Crippen LogP contribution in [0.5, 0.6) is 0 Å². The van der Waals surface area contributed by atoms with Crippen molar-refractivity contribution < 1.29 is 9.59 Å². The molecule has 0 bridgehead atoms. The topological polar surface area (TPSA) is 148 Å². The first-order valence-electron chi connectivity index (χ1n) is 12.0. The van der Waals surface area contributed by atoms with Crippen LogP contribution in [0.2, 0.25) is 0 Å². The Morgan fingerprint density at radius 1 is 0.923 bits per heavy atom. The van der Waals surface area contributed by atoms with Gasteiger partial charge in [0.2, 0.25) is 5.91 Å². The summed E-state index contributed by atoms with van der Waals surface area (Å²) in [4.78, 5) is 33.1. The van der Waals surface area contributed by atoms with Gasteiger partial charge in [0.1, 0.15) is 5.82 Å². The van der Waals surface area contributed by atoms with Gasteiger partial charge < -0.3 is 27.4 Å². The van der Waals surface area contributed by atoms with Crippen molar-refractivity contribution in [3.05, 3.63) is 102 Å². The van der Waals surface area contributed by atoms with E-state index in [0.717, 1.165) is 32.3 Å². The number of aromatic nitrogens is 2. The van der Waals surface area contributed by atoms with Crippen LogP contribution >= 0.6 is 11.3 Å². The van der Waals surface area contributed by atoms with Crippen LogP contribution < -0.4 is 27.4 Å². The van der Waals surface area contributed by atoms with Gasteiger partial charge in [0.05, 0.1) is 11.9 Å². The molecule has 0 saturated heterocycles. The molecule has 7 N–H and O–H groups in total. The maximum Gasteiger partial charge on any atom is 0.323 e. The Morgan fingerprint density at radius 2 is 1.72 bits per heavy atom. The number of nitrogen functional groups attached to an aromatic ring is 1. The molecule has 0 saturated carbocycles. The van der Waals surface area contributed by atoms with E-state index in [-0.39, 0.29) is 11.9 Å². The molecule has 3 aromatic heterocycles. The van der Waals surface area contributed by atoms with E-state index in [0.29, 0.717) is 29.4 Å². The van der Waals surface area contributed by atoms with E-state index < -0.39 is 0 Å². The molecule has 5 rings (SSSR count). The van der Waals surface area contributed by atoms with Crippen LogP contribution in [-0.2, 0) is 11.3 Å². The quantitative estimate of drug-likeness (QED) is 0.169. The summed E-state index contributed by atoms with van der Waals surface area (Å²) < 4.78 is 0.921. The molecule has 9 nitrogen and oxygen atoms in total. The predicted octanol–water partition coefficient (Wildman–Crippen LogP) is 5.70.